The van der Waals surface area contributed by atoms with Gasteiger partial charge in [0, 0.05) is 18.0 Å². The standard InChI is InChI=1S/C18H20N4O3/c19-16(23)15-10-14(22(24)25)11-20-17(15)21-12-18(8-4-5-9-18)13-6-2-1-3-7-13/h1-3,6-7,10-11H,4-5,8-9,12H2,(H2,19,23)(H,20,21). The zero-order valence-corrected chi connectivity index (χ0v) is 13.8. The largest absolute Gasteiger partial charge is 0.369 e. The second kappa shape index (κ2) is 6.88. The molecule has 0 unspecified atom stereocenters. The van der Waals surface area contributed by atoms with Crippen molar-refractivity contribution in [1.82, 2.24) is 4.98 Å². The Hall–Kier alpha value is -2.96. The maximum absolute atomic E-state index is 11.7. The second-order valence-corrected chi connectivity index (χ2v) is 6.42. The van der Waals surface area contributed by atoms with E-state index in [0.29, 0.717) is 12.4 Å². The van der Waals surface area contributed by atoms with Crippen LogP contribution in [0.5, 0.6) is 0 Å². The zero-order valence-electron chi connectivity index (χ0n) is 13.8. The van der Waals surface area contributed by atoms with E-state index >= 15 is 0 Å². The highest BCUT2D eigenvalue weighted by Crippen LogP contribution is 2.41. The quantitative estimate of drug-likeness (QED) is 0.620. The fraction of sp³-hybridized carbons (Fsp3) is 0.333. The van der Waals surface area contributed by atoms with Crippen LogP contribution in [0.1, 0.15) is 41.6 Å². The first-order valence-electron chi connectivity index (χ1n) is 8.25. The van der Waals surface area contributed by atoms with Crippen LogP contribution >= 0.6 is 0 Å². The topological polar surface area (TPSA) is 111 Å². The van der Waals surface area contributed by atoms with E-state index in [0.717, 1.165) is 31.9 Å². The van der Waals surface area contributed by atoms with Gasteiger partial charge in [0.15, 0.2) is 0 Å². The number of carbonyl (C=O) groups is 1. The fourth-order valence-corrected chi connectivity index (χ4v) is 3.55. The lowest BCUT2D eigenvalue weighted by Crippen LogP contribution is -2.32. The summed E-state index contributed by atoms with van der Waals surface area (Å²) in [6, 6.07) is 11.4. The minimum absolute atomic E-state index is 0.0281. The van der Waals surface area contributed by atoms with Crippen LogP contribution in [0.4, 0.5) is 11.5 Å². The Morgan fingerprint density at radius 3 is 2.56 bits per heavy atom. The number of carbonyl (C=O) groups excluding carboxylic acids is 1. The minimum Gasteiger partial charge on any atom is -0.369 e. The molecule has 7 nitrogen and oxygen atoms in total. The van der Waals surface area contributed by atoms with Gasteiger partial charge in [0.2, 0.25) is 0 Å². The molecule has 1 heterocycles. The highest BCUT2D eigenvalue weighted by atomic mass is 16.6. The number of anilines is 1. The summed E-state index contributed by atoms with van der Waals surface area (Å²) in [6.07, 6.45) is 5.52. The fourth-order valence-electron chi connectivity index (χ4n) is 3.55. The molecule has 3 rings (SSSR count). The molecule has 3 N–H and O–H groups in total. The third kappa shape index (κ3) is 3.45. The zero-order chi connectivity index (χ0) is 17.9. The van der Waals surface area contributed by atoms with Crippen LogP contribution in [0.25, 0.3) is 0 Å². The third-order valence-corrected chi connectivity index (χ3v) is 4.89. The predicted octanol–water partition coefficient (Wildman–Crippen LogP) is 3.01. The number of nitrogens with zero attached hydrogens (tertiary/aromatic N) is 2. The summed E-state index contributed by atoms with van der Waals surface area (Å²) < 4.78 is 0. The summed E-state index contributed by atoms with van der Waals surface area (Å²) in [7, 11) is 0. The molecule has 1 fully saturated rings. The van der Waals surface area contributed by atoms with E-state index in [1.807, 2.05) is 18.2 Å². The first kappa shape index (κ1) is 16.9. The number of amides is 1. The minimum atomic E-state index is -0.737. The lowest BCUT2D eigenvalue weighted by Gasteiger charge is -2.30. The monoisotopic (exact) mass is 340 g/mol. The van der Waals surface area contributed by atoms with Gasteiger partial charge in [-0.05, 0) is 18.4 Å². The molecule has 25 heavy (non-hydrogen) atoms. The molecule has 1 aliphatic rings. The molecule has 1 aromatic carbocycles. The summed E-state index contributed by atoms with van der Waals surface area (Å²) in [4.78, 5) is 26.0. The summed E-state index contributed by atoms with van der Waals surface area (Å²) in [6.45, 7) is 0.599. The lowest BCUT2D eigenvalue weighted by molar-refractivity contribution is -0.385. The van der Waals surface area contributed by atoms with E-state index in [-0.39, 0.29) is 16.7 Å². The van der Waals surface area contributed by atoms with Crippen molar-refractivity contribution in [2.45, 2.75) is 31.1 Å². The molecule has 7 heteroatoms. The van der Waals surface area contributed by atoms with E-state index < -0.39 is 10.8 Å². The van der Waals surface area contributed by atoms with E-state index in [2.05, 4.69) is 22.4 Å². The predicted molar refractivity (Wildman–Crippen MR) is 94.5 cm³/mol. The summed E-state index contributed by atoms with van der Waals surface area (Å²) in [5, 5.41) is 14.1. The van der Waals surface area contributed by atoms with E-state index in [4.69, 9.17) is 5.73 Å². The average Bonchev–Trinajstić information content (AvgIpc) is 3.10. The Bertz CT molecular complexity index is 786. The molecule has 1 aromatic heterocycles. The number of primary amides is 1. The average molecular weight is 340 g/mol. The number of pyridine rings is 1. The van der Waals surface area contributed by atoms with Gasteiger partial charge in [0.1, 0.15) is 12.0 Å². The maximum atomic E-state index is 11.7. The first-order valence-corrected chi connectivity index (χ1v) is 8.25. The molecular weight excluding hydrogens is 320 g/mol. The summed E-state index contributed by atoms with van der Waals surface area (Å²) >= 11 is 0. The smallest absolute Gasteiger partial charge is 0.288 e. The Morgan fingerprint density at radius 2 is 1.96 bits per heavy atom. The van der Waals surface area contributed by atoms with Crippen LogP contribution in [0, 0.1) is 10.1 Å². The number of nitrogens with two attached hydrogens (primary N) is 1. The molecule has 2 aromatic rings. The van der Waals surface area contributed by atoms with Crippen molar-refractivity contribution in [2.75, 3.05) is 11.9 Å². The molecule has 0 saturated heterocycles. The van der Waals surface area contributed by atoms with Crippen molar-refractivity contribution in [3.05, 3.63) is 63.8 Å². The van der Waals surface area contributed by atoms with Crippen molar-refractivity contribution < 1.29 is 9.72 Å². The lowest BCUT2D eigenvalue weighted by atomic mass is 9.79. The van der Waals surface area contributed by atoms with Gasteiger partial charge in [-0.3, -0.25) is 14.9 Å². The van der Waals surface area contributed by atoms with Gasteiger partial charge < -0.3 is 11.1 Å². The molecule has 0 radical (unpaired) electrons. The van der Waals surface area contributed by atoms with Crippen LogP contribution in [0.3, 0.4) is 0 Å². The van der Waals surface area contributed by atoms with Gasteiger partial charge >= 0.3 is 0 Å². The number of benzene rings is 1. The Kier molecular flexibility index (Phi) is 4.65. The number of rotatable bonds is 6. The van der Waals surface area contributed by atoms with Crippen molar-refractivity contribution in [3.8, 4) is 0 Å². The molecule has 1 amide bonds. The van der Waals surface area contributed by atoms with Crippen LogP contribution in [-0.4, -0.2) is 22.4 Å². The van der Waals surface area contributed by atoms with Gasteiger partial charge in [-0.1, -0.05) is 43.2 Å². The van der Waals surface area contributed by atoms with E-state index in [1.165, 1.54) is 11.6 Å². The van der Waals surface area contributed by atoms with Crippen LogP contribution < -0.4 is 11.1 Å². The normalized spacial score (nSPS) is 15.7. The molecule has 1 aliphatic carbocycles. The Balaban J connectivity index is 1.87. The molecule has 130 valence electrons. The molecular formula is C18H20N4O3. The number of nitro groups is 1. The molecule has 0 spiro atoms. The van der Waals surface area contributed by atoms with Crippen molar-refractivity contribution in [2.24, 2.45) is 5.73 Å². The molecule has 0 aliphatic heterocycles. The number of aromatic nitrogens is 1. The SMILES string of the molecule is NC(=O)c1cc([N+](=O)[O-])cnc1NCC1(c2ccccc2)CCCC1. The highest BCUT2D eigenvalue weighted by Gasteiger charge is 2.35. The number of nitrogens with one attached hydrogen (secondary N) is 1. The molecule has 0 bridgehead atoms. The van der Waals surface area contributed by atoms with Gasteiger partial charge in [-0.25, -0.2) is 4.98 Å². The summed E-state index contributed by atoms with van der Waals surface area (Å²) in [5.41, 5.74) is 6.38. The third-order valence-electron chi connectivity index (χ3n) is 4.89. The van der Waals surface area contributed by atoms with Gasteiger partial charge in [0.25, 0.3) is 11.6 Å². The van der Waals surface area contributed by atoms with Crippen LogP contribution in [-0.2, 0) is 5.41 Å². The van der Waals surface area contributed by atoms with Gasteiger partial charge in [-0.15, -0.1) is 0 Å². The second-order valence-electron chi connectivity index (χ2n) is 6.42. The Morgan fingerprint density at radius 1 is 1.28 bits per heavy atom. The number of hydrogen-bond acceptors (Lipinski definition) is 5. The summed E-state index contributed by atoms with van der Waals surface area (Å²) in [5.74, 6) is -0.445. The first-order chi connectivity index (χ1) is 12.0. The van der Waals surface area contributed by atoms with E-state index in [1.54, 1.807) is 0 Å². The van der Waals surface area contributed by atoms with Crippen LogP contribution in [0.15, 0.2) is 42.6 Å². The maximum Gasteiger partial charge on any atom is 0.288 e. The van der Waals surface area contributed by atoms with Crippen molar-refractivity contribution >= 4 is 17.4 Å². The number of hydrogen-bond donors (Lipinski definition) is 2. The van der Waals surface area contributed by atoms with Gasteiger partial charge in [0.05, 0.1) is 10.5 Å². The molecule has 0 atom stereocenters. The molecule has 1 saturated carbocycles. The van der Waals surface area contributed by atoms with Crippen molar-refractivity contribution in [3.63, 3.8) is 0 Å². The van der Waals surface area contributed by atoms with E-state index in [9.17, 15) is 14.9 Å². The highest BCUT2D eigenvalue weighted by molar-refractivity contribution is 5.98. The van der Waals surface area contributed by atoms with Crippen molar-refractivity contribution in [1.29, 1.82) is 0 Å². The van der Waals surface area contributed by atoms with Crippen LogP contribution in [0.2, 0.25) is 0 Å². The Labute approximate surface area is 145 Å². The van der Waals surface area contributed by atoms with Gasteiger partial charge in [-0.2, -0.15) is 0 Å².